The van der Waals surface area contributed by atoms with Gasteiger partial charge in [-0.25, -0.2) is 0 Å². The number of nitrogens with one attached hydrogen (secondary N) is 1. The van der Waals surface area contributed by atoms with Gasteiger partial charge in [0, 0.05) is 25.7 Å². The molecule has 0 aliphatic carbocycles. The highest BCUT2D eigenvalue weighted by Gasteiger charge is 2.29. The van der Waals surface area contributed by atoms with Gasteiger partial charge in [0.15, 0.2) is 0 Å². The van der Waals surface area contributed by atoms with Crippen molar-refractivity contribution in [2.24, 2.45) is 5.41 Å². The van der Waals surface area contributed by atoms with Gasteiger partial charge in [0.25, 0.3) is 0 Å². The number of hydrogen-bond donors (Lipinski definition) is 1. The molecule has 0 aromatic carbocycles. The minimum Gasteiger partial charge on any atom is -0.316 e. The summed E-state index contributed by atoms with van der Waals surface area (Å²) in [4.78, 5) is 5.01. The van der Waals surface area contributed by atoms with Gasteiger partial charge in [0.1, 0.15) is 0 Å². The third-order valence-corrected chi connectivity index (χ3v) is 3.56. The lowest BCUT2D eigenvalue weighted by molar-refractivity contribution is 0.143. The monoisotopic (exact) mass is 241 g/mol. The quantitative estimate of drug-likeness (QED) is 0.731. The molecule has 1 unspecified atom stereocenters. The molecule has 1 fully saturated rings. The Bertz CT molecular complexity index is 214. The molecule has 0 amide bonds. The van der Waals surface area contributed by atoms with Crippen molar-refractivity contribution in [1.82, 2.24) is 15.1 Å². The first-order valence-electron chi connectivity index (χ1n) is 7.04. The van der Waals surface area contributed by atoms with Gasteiger partial charge in [-0.3, -0.25) is 4.90 Å². The molecular formula is C14H31N3. The topological polar surface area (TPSA) is 18.5 Å². The van der Waals surface area contributed by atoms with Gasteiger partial charge in [-0.15, -0.1) is 0 Å². The number of rotatable bonds is 7. The van der Waals surface area contributed by atoms with Crippen LogP contribution in [0.3, 0.4) is 0 Å². The molecule has 3 heteroatoms. The zero-order chi connectivity index (χ0) is 12.9. The predicted octanol–water partition coefficient (Wildman–Crippen LogP) is 1.65. The molecule has 1 heterocycles. The van der Waals surface area contributed by atoms with Crippen LogP contribution in [0.1, 0.15) is 33.6 Å². The Morgan fingerprint density at radius 2 is 2.06 bits per heavy atom. The van der Waals surface area contributed by atoms with Crippen molar-refractivity contribution in [1.29, 1.82) is 0 Å². The molecular weight excluding hydrogens is 210 g/mol. The lowest BCUT2D eigenvalue weighted by Gasteiger charge is -2.35. The van der Waals surface area contributed by atoms with E-state index in [-0.39, 0.29) is 0 Å². The third kappa shape index (κ3) is 5.36. The summed E-state index contributed by atoms with van der Waals surface area (Å²) in [5.41, 5.74) is 0.380. The van der Waals surface area contributed by atoms with Gasteiger partial charge in [-0.2, -0.15) is 0 Å². The van der Waals surface area contributed by atoms with E-state index < -0.39 is 0 Å². The van der Waals surface area contributed by atoms with E-state index in [2.05, 4.69) is 50.0 Å². The van der Waals surface area contributed by atoms with Crippen molar-refractivity contribution in [3.05, 3.63) is 0 Å². The number of likely N-dealkylation sites (tertiary alicyclic amines) is 1. The van der Waals surface area contributed by atoms with Crippen LogP contribution in [0.5, 0.6) is 0 Å². The van der Waals surface area contributed by atoms with Crippen LogP contribution in [0.25, 0.3) is 0 Å². The van der Waals surface area contributed by atoms with E-state index in [1.807, 2.05) is 0 Å². The molecule has 17 heavy (non-hydrogen) atoms. The van der Waals surface area contributed by atoms with Crippen molar-refractivity contribution in [2.75, 3.05) is 46.8 Å². The number of likely N-dealkylation sites (N-methyl/N-ethyl adjacent to an activating group) is 1. The Morgan fingerprint density at radius 1 is 1.35 bits per heavy atom. The molecule has 1 aliphatic rings. The fourth-order valence-electron chi connectivity index (χ4n) is 2.80. The second kappa shape index (κ2) is 6.72. The van der Waals surface area contributed by atoms with Gasteiger partial charge >= 0.3 is 0 Å². The zero-order valence-corrected chi connectivity index (χ0v) is 12.4. The Morgan fingerprint density at radius 3 is 2.65 bits per heavy atom. The average molecular weight is 241 g/mol. The molecule has 0 spiro atoms. The van der Waals surface area contributed by atoms with Crippen LogP contribution in [0.15, 0.2) is 0 Å². The van der Waals surface area contributed by atoms with E-state index in [0.717, 1.165) is 19.1 Å². The SMILES string of the molecule is CCNCC(C)(C)CN1CCCC1CN(C)C. The minimum atomic E-state index is 0.380. The summed E-state index contributed by atoms with van der Waals surface area (Å²) < 4.78 is 0. The van der Waals surface area contributed by atoms with E-state index in [1.54, 1.807) is 0 Å². The van der Waals surface area contributed by atoms with Gasteiger partial charge in [-0.05, 0) is 45.4 Å². The Kier molecular flexibility index (Phi) is 5.90. The largest absolute Gasteiger partial charge is 0.316 e. The second-order valence-electron chi connectivity index (χ2n) is 6.47. The Balaban J connectivity index is 2.42. The number of nitrogens with zero attached hydrogens (tertiary/aromatic N) is 2. The fraction of sp³-hybridized carbons (Fsp3) is 1.00. The lowest BCUT2D eigenvalue weighted by Crippen LogP contribution is -2.45. The van der Waals surface area contributed by atoms with Crippen LogP contribution < -0.4 is 5.32 Å². The summed E-state index contributed by atoms with van der Waals surface area (Å²) >= 11 is 0. The van der Waals surface area contributed by atoms with Gasteiger partial charge in [-0.1, -0.05) is 20.8 Å². The molecule has 0 aromatic rings. The first kappa shape index (κ1) is 14.9. The highest BCUT2D eigenvalue weighted by molar-refractivity contribution is 4.85. The molecule has 1 N–H and O–H groups in total. The van der Waals surface area contributed by atoms with E-state index in [4.69, 9.17) is 0 Å². The Hall–Kier alpha value is -0.120. The fourth-order valence-corrected chi connectivity index (χ4v) is 2.80. The molecule has 1 atom stereocenters. The molecule has 1 rings (SSSR count). The molecule has 3 nitrogen and oxygen atoms in total. The Labute approximate surface area is 108 Å². The maximum atomic E-state index is 3.48. The molecule has 102 valence electrons. The maximum absolute atomic E-state index is 3.48. The lowest BCUT2D eigenvalue weighted by atomic mass is 9.92. The minimum absolute atomic E-state index is 0.380. The first-order chi connectivity index (χ1) is 7.94. The second-order valence-corrected chi connectivity index (χ2v) is 6.47. The van der Waals surface area contributed by atoms with Gasteiger partial charge < -0.3 is 10.2 Å². The molecule has 0 saturated carbocycles. The predicted molar refractivity (Wildman–Crippen MR) is 75.5 cm³/mol. The molecule has 0 bridgehead atoms. The summed E-state index contributed by atoms with van der Waals surface area (Å²) in [6.07, 6.45) is 2.74. The molecule has 1 aliphatic heterocycles. The standard InChI is InChI=1S/C14H31N3/c1-6-15-11-14(2,3)12-17-9-7-8-13(17)10-16(4)5/h13,15H,6-12H2,1-5H3. The van der Waals surface area contributed by atoms with E-state index in [1.165, 1.54) is 32.5 Å². The van der Waals surface area contributed by atoms with Crippen LogP contribution in [0, 0.1) is 5.41 Å². The zero-order valence-electron chi connectivity index (χ0n) is 12.4. The van der Waals surface area contributed by atoms with Crippen LogP contribution >= 0.6 is 0 Å². The van der Waals surface area contributed by atoms with Crippen molar-refractivity contribution < 1.29 is 0 Å². The van der Waals surface area contributed by atoms with Crippen LogP contribution in [0.2, 0.25) is 0 Å². The van der Waals surface area contributed by atoms with Crippen LogP contribution in [-0.2, 0) is 0 Å². The summed E-state index contributed by atoms with van der Waals surface area (Å²) in [5.74, 6) is 0. The van der Waals surface area contributed by atoms with E-state index in [0.29, 0.717) is 5.41 Å². The number of hydrogen-bond acceptors (Lipinski definition) is 3. The molecule has 1 saturated heterocycles. The van der Waals surface area contributed by atoms with Crippen molar-refractivity contribution in [2.45, 2.75) is 39.7 Å². The van der Waals surface area contributed by atoms with Crippen LogP contribution in [-0.4, -0.2) is 62.7 Å². The van der Waals surface area contributed by atoms with Gasteiger partial charge in [0.05, 0.1) is 0 Å². The molecule has 0 radical (unpaired) electrons. The third-order valence-electron chi connectivity index (χ3n) is 3.56. The highest BCUT2D eigenvalue weighted by atomic mass is 15.2. The first-order valence-corrected chi connectivity index (χ1v) is 7.04. The van der Waals surface area contributed by atoms with Gasteiger partial charge in [0.2, 0.25) is 0 Å². The smallest absolute Gasteiger partial charge is 0.0223 e. The summed E-state index contributed by atoms with van der Waals surface area (Å²) in [6.45, 7) is 12.8. The highest BCUT2D eigenvalue weighted by Crippen LogP contribution is 2.24. The van der Waals surface area contributed by atoms with Crippen LogP contribution in [0.4, 0.5) is 0 Å². The summed E-state index contributed by atoms with van der Waals surface area (Å²) in [7, 11) is 4.36. The maximum Gasteiger partial charge on any atom is 0.0223 e. The van der Waals surface area contributed by atoms with Crippen molar-refractivity contribution in [3.8, 4) is 0 Å². The van der Waals surface area contributed by atoms with E-state index in [9.17, 15) is 0 Å². The van der Waals surface area contributed by atoms with Crippen molar-refractivity contribution in [3.63, 3.8) is 0 Å². The average Bonchev–Trinajstić information content (AvgIpc) is 2.61. The molecule has 0 aromatic heterocycles. The summed E-state index contributed by atoms with van der Waals surface area (Å²) in [6, 6.07) is 0.769. The summed E-state index contributed by atoms with van der Waals surface area (Å²) in [5, 5.41) is 3.48. The van der Waals surface area contributed by atoms with Crippen molar-refractivity contribution >= 4 is 0 Å². The normalized spacial score (nSPS) is 22.6. The van der Waals surface area contributed by atoms with E-state index >= 15 is 0 Å².